The van der Waals surface area contributed by atoms with Crippen molar-refractivity contribution in [3.63, 3.8) is 0 Å². The van der Waals surface area contributed by atoms with E-state index in [2.05, 4.69) is 9.97 Å². The quantitative estimate of drug-likeness (QED) is 0.762. The zero-order valence-corrected chi connectivity index (χ0v) is 14.4. The van der Waals surface area contributed by atoms with Crippen molar-refractivity contribution < 1.29 is 9.90 Å². The molecule has 1 fully saturated rings. The topological polar surface area (TPSA) is 69.6 Å². The minimum atomic E-state index is -0.639. The highest BCUT2D eigenvalue weighted by Gasteiger charge is 2.27. The second kappa shape index (κ2) is 6.78. The highest BCUT2D eigenvalue weighted by Crippen LogP contribution is 2.27. The molecule has 3 aromatic rings. The number of carbonyl (C=O) groups is 1. The van der Waals surface area contributed by atoms with Gasteiger partial charge in [0, 0.05) is 54.0 Å². The smallest absolute Gasteiger partial charge is 0.255 e. The van der Waals surface area contributed by atoms with E-state index in [9.17, 15) is 9.90 Å². The molecule has 6 nitrogen and oxygen atoms in total. The lowest BCUT2D eigenvalue weighted by molar-refractivity contribution is 0.0676. The van der Waals surface area contributed by atoms with Crippen LogP contribution in [0.3, 0.4) is 0 Å². The van der Waals surface area contributed by atoms with Gasteiger partial charge >= 0.3 is 0 Å². The maximum Gasteiger partial charge on any atom is 0.255 e. The van der Waals surface area contributed by atoms with Gasteiger partial charge in [-0.25, -0.2) is 9.97 Å². The zero-order chi connectivity index (χ0) is 17.2. The molecule has 7 heteroatoms. The Kier molecular flexibility index (Phi) is 4.33. The van der Waals surface area contributed by atoms with E-state index in [1.165, 1.54) is 0 Å². The number of hydrogen-bond acceptors (Lipinski definition) is 6. The lowest BCUT2D eigenvalue weighted by atomic mass is 10.1. The number of benzene rings is 1. The number of thiophene rings is 1. The van der Waals surface area contributed by atoms with Crippen LogP contribution >= 0.6 is 11.3 Å². The minimum absolute atomic E-state index is 0.0349. The molecule has 0 spiro atoms. The molecule has 0 saturated carbocycles. The average Bonchev–Trinajstić information content (AvgIpc) is 2.98. The molecule has 1 aliphatic rings. The second-order valence-corrected chi connectivity index (χ2v) is 6.96. The summed E-state index contributed by atoms with van der Waals surface area (Å²) >= 11 is 1.57. The Morgan fingerprint density at radius 1 is 1.12 bits per heavy atom. The van der Waals surface area contributed by atoms with Crippen LogP contribution in [-0.4, -0.2) is 58.2 Å². The van der Waals surface area contributed by atoms with E-state index >= 15 is 0 Å². The number of carbonyl (C=O) groups excluding carboxylic acids is 1. The Morgan fingerprint density at radius 2 is 1.92 bits per heavy atom. The highest BCUT2D eigenvalue weighted by atomic mass is 32.1. The number of rotatable bonds is 2. The summed E-state index contributed by atoms with van der Waals surface area (Å²) < 4.78 is 1.10. The molecule has 2 aromatic heterocycles. The maximum absolute atomic E-state index is 13.0. The minimum Gasteiger partial charge on any atom is -0.389 e. The summed E-state index contributed by atoms with van der Waals surface area (Å²) in [5.41, 5.74) is 0.706. The molecule has 1 unspecified atom stereocenters. The Hall–Kier alpha value is -2.51. The monoisotopic (exact) mass is 354 g/mol. The number of aromatic nitrogens is 2. The molecular weight excluding hydrogens is 336 g/mol. The van der Waals surface area contributed by atoms with E-state index in [-0.39, 0.29) is 5.91 Å². The van der Waals surface area contributed by atoms with Crippen molar-refractivity contribution >= 4 is 33.3 Å². The van der Waals surface area contributed by atoms with Crippen LogP contribution in [0.2, 0.25) is 0 Å². The van der Waals surface area contributed by atoms with Crippen molar-refractivity contribution in [3.05, 3.63) is 53.7 Å². The Morgan fingerprint density at radius 3 is 2.76 bits per heavy atom. The fraction of sp³-hybridized carbons (Fsp3) is 0.278. The lowest BCUT2D eigenvalue weighted by Crippen LogP contribution is -2.37. The molecule has 1 amide bonds. The van der Waals surface area contributed by atoms with Crippen LogP contribution in [0.25, 0.3) is 10.1 Å². The number of aliphatic hydroxyl groups is 1. The summed E-state index contributed by atoms with van der Waals surface area (Å²) in [4.78, 5) is 25.1. The molecule has 0 radical (unpaired) electrons. The largest absolute Gasteiger partial charge is 0.389 e. The predicted octanol–water partition coefficient (Wildman–Crippen LogP) is 2.01. The Bertz CT molecular complexity index is 883. The summed E-state index contributed by atoms with van der Waals surface area (Å²) in [6, 6.07) is 9.66. The van der Waals surface area contributed by atoms with Gasteiger partial charge in [-0.05, 0) is 12.1 Å². The molecule has 1 atom stereocenters. The van der Waals surface area contributed by atoms with E-state index in [0.29, 0.717) is 37.7 Å². The molecule has 128 valence electrons. The number of aliphatic hydroxyl groups excluding tert-OH is 1. The number of fused-ring (bicyclic) bond motifs is 1. The first-order valence-corrected chi connectivity index (χ1v) is 9.06. The molecule has 4 rings (SSSR count). The standard InChI is InChI=1S/C18H18N4O2S/c23-13-10-21(8-9-22(11-13)18-19-6-3-7-20-18)17(24)15-12-25-16-5-2-1-4-14(15)16/h1-7,12-13,23H,8-11H2. The summed E-state index contributed by atoms with van der Waals surface area (Å²) in [6.07, 6.45) is 2.72. The van der Waals surface area contributed by atoms with Gasteiger partial charge in [-0.1, -0.05) is 18.2 Å². The SMILES string of the molecule is O=C(c1csc2ccccc12)N1CCN(c2ncccn2)CC(O)C1. The van der Waals surface area contributed by atoms with E-state index in [4.69, 9.17) is 0 Å². The fourth-order valence-corrected chi connectivity index (χ4v) is 4.06. The molecule has 3 heterocycles. The number of anilines is 1. The van der Waals surface area contributed by atoms with E-state index in [0.717, 1.165) is 10.1 Å². The van der Waals surface area contributed by atoms with Crippen LogP contribution in [0, 0.1) is 0 Å². The van der Waals surface area contributed by atoms with Crippen LogP contribution in [0.5, 0.6) is 0 Å². The molecule has 0 aliphatic carbocycles. The first-order chi connectivity index (χ1) is 12.2. The van der Waals surface area contributed by atoms with Crippen LogP contribution < -0.4 is 4.90 Å². The third-order valence-electron chi connectivity index (χ3n) is 4.34. The van der Waals surface area contributed by atoms with Crippen molar-refractivity contribution in [2.24, 2.45) is 0 Å². The first-order valence-electron chi connectivity index (χ1n) is 8.18. The summed E-state index contributed by atoms with van der Waals surface area (Å²) in [5.74, 6) is 0.546. The molecule has 1 saturated heterocycles. The summed E-state index contributed by atoms with van der Waals surface area (Å²) in [7, 11) is 0. The number of nitrogens with zero attached hydrogens (tertiary/aromatic N) is 4. The van der Waals surface area contributed by atoms with Gasteiger partial charge in [0.15, 0.2) is 0 Å². The average molecular weight is 354 g/mol. The first kappa shape index (κ1) is 16.0. The molecule has 1 N–H and O–H groups in total. The van der Waals surface area contributed by atoms with Gasteiger partial charge in [0.05, 0.1) is 11.7 Å². The maximum atomic E-state index is 13.0. The lowest BCUT2D eigenvalue weighted by Gasteiger charge is -2.21. The molecule has 1 aromatic carbocycles. The van der Waals surface area contributed by atoms with Gasteiger partial charge in [-0.2, -0.15) is 0 Å². The van der Waals surface area contributed by atoms with Crippen LogP contribution in [0.1, 0.15) is 10.4 Å². The third kappa shape index (κ3) is 3.20. The number of hydrogen-bond donors (Lipinski definition) is 1. The highest BCUT2D eigenvalue weighted by molar-refractivity contribution is 7.17. The van der Waals surface area contributed by atoms with Crippen molar-refractivity contribution in [1.29, 1.82) is 0 Å². The summed E-state index contributed by atoms with van der Waals surface area (Å²) in [6.45, 7) is 1.84. The number of amides is 1. The molecule has 25 heavy (non-hydrogen) atoms. The van der Waals surface area contributed by atoms with Crippen LogP contribution in [-0.2, 0) is 0 Å². The summed E-state index contributed by atoms with van der Waals surface area (Å²) in [5, 5.41) is 13.2. The number of β-amino-alcohol motifs (C(OH)–C–C–N with tert-alkyl or cyclic N) is 1. The normalized spacial score (nSPS) is 18.4. The van der Waals surface area contributed by atoms with E-state index in [1.807, 2.05) is 34.5 Å². The van der Waals surface area contributed by atoms with Crippen molar-refractivity contribution in [2.45, 2.75) is 6.10 Å². The second-order valence-electron chi connectivity index (χ2n) is 6.05. The predicted molar refractivity (Wildman–Crippen MR) is 98.0 cm³/mol. The van der Waals surface area contributed by atoms with Crippen LogP contribution in [0.4, 0.5) is 5.95 Å². The van der Waals surface area contributed by atoms with E-state index < -0.39 is 6.10 Å². The van der Waals surface area contributed by atoms with Gasteiger partial charge in [-0.3, -0.25) is 4.79 Å². The third-order valence-corrected chi connectivity index (χ3v) is 5.30. The zero-order valence-electron chi connectivity index (χ0n) is 13.6. The van der Waals surface area contributed by atoms with Gasteiger partial charge in [0.2, 0.25) is 5.95 Å². The molecule has 1 aliphatic heterocycles. The van der Waals surface area contributed by atoms with Crippen LogP contribution in [0.15, 0.2) is 48.1 Å². The van der Waals surface area contributed by atoms with Gasteiger partial charge in [0.25, 0.3) is 5.91 Å². The van der Waals surface area contributed by atoms with E-state index in [1.54, 1.807) is 34.7 Å². The molecular formula is C18H18N4O2S. The van der Waals surface area contributed by atoms with Crippen molar-refractivity contribution in [1.82, 2.24) is 14.9 Å². The van der Waals surface area contributed by atoms with Gasteiger partial charge < -0.3 is 14.9 Å². The van der Waals surface area contributed by atoms with Crippen molar-refractivity contribution in [3.8, 4) is 0 Å². The van der Waals surface area contributed by atoms with Crippen molar-refractivity contribution in [2.75, 3.05) is 31.1 Å². The van der Waals surface area contributed by atoms with Gasteiger partial charge in [0.1, 0.15) is 0 Å². The Labute approximate surface area is 149 Å². The Balaban J connectivity index is 1.56. The fourth-order valence-electron chi connectivity index (χ4n) is 3.12. The molecule has 0 bridgehead atoms. The van der Waals surface area contributed by atoms with Gasteiger partial charge in [-0.15, -0.1) is 11.3 Å².